The number of methoxy groups -OCH3 is 1. The van der Waals surface area contributed by atoms with E-state index in [1.54, 1.807) is 6.07 Å². The van der Waals surface area contributed by atoms with E-state index in [4.69, 9.17) is 14.5 Å². The summed E-state index contributed by atoms with van der Waals surface area (Å²) in [6.07, 6.45) is 3.39. The molecule has 8 heteroatoms. The van der Waals surface area contributed by atoms with E-state index in [2.05, 4.69) is 36.1 Å². The summed E-state index contributed by atoms with van der Waals surface area (Å²) >= 11 is 0. The average Bonchev–Trinajstić information content (AvgIpc) is 3.26. The molecule has 2 aromatic carbocycles. The maximum atomic E-state index is 11.5. The van der Waals surface area contributed by atoms with E-state index >= 15 is 0 Å². The van der Waals surface area contributed by atoms with Gasteiger partial charge in [-0.05, 0) is 79.8 Å². The second kappa shape index (κ2) is 10.7. The Morgan fingerprint density at radius 3 is 2.63 bits per heavy atom. The van der Waals surface area contributed by atoms with Gasteiger partial charge in [0.2, 0.25) is 5.88 Å². The number of hydrogen-bond acceptors (Lipinski definition) is 6. The maximum absolute atomic E-state index is 11.5. The average molecular weight is 513 g/mol. The molecule has 4 aromatic rings. The number of ether oxygens (including phenoxy) is 2. The summed E-state index contributed by atoms with van der Waals surface area (Å²) in [6.45, 7) is 6.84. The number of carbonyl (C=O) groups is 1. The van der Waals surface area contributed by atoms with Gasteiger partial charge in [0.25, 0.3) is 0 Å². The molecule has 5 rings (SSSR count). The Balaban J connectivity index is 1.46. The second-order valence-electron chi connectivity index (χ2n) is 9.70. The van der Waals surface area contributed by atoms with Crippen molar-refractivity contribution in [1.29, 1.82) is 0 Å². The molecule has 1 aliphatic rings. The minimum absolute atomic E-state index is 0.0259. The minimum atomic E-state index is -1.11. The van der Waals surface area contributed by atoms with Gasteiger partial charge in [-0.3, -0.25) is 0 Å². The number of nitrogens with zero attached hydrogens (tertiary/aromatic N) is 4. The first-order chi connectivity index (χ1) is 18.4. The van der Waals surface area contributed by atoms with Crippen molar-refractivity contribution in [3.63, 3.8) is 0 Å². The number of likely N-dealkylation sites (N-methyl/N-ethyl adjacent to an activating group) is 1. The van der Waals surface area contributed by atoms with Gasteiger partial charge in [0.1, 0.15) is 17.9 Å². The molecule has 38 heavy (non-hydrogen) atoms. The number of aromatic carboxylic acids is 1. The Kier molecular flexibility index (Phi) is 7.15. The van der Waals surface area contributed by atoms with E-state index in [9.17, 15) is 9.90 Å². The molecule has 0 saturated carbocycles. The molecular formula is C30H32N4O4. The zero-order valence-electron chi connectivity index (χ0n) is 22.2. The van der Waals surface area contributed by atoms with Crippen LogP contribution in [0.1, 0.15) is 38.2 Å². The van der Waals surface area contributed by atoms with Crippen LogP contribution in [-0.2, 0) is 19.4 Å². The summed E-state index contributed by atoms with van der Waals surface area (Å²) in [7, 11) is 3.60. The molecule has 0 amide bonds. The van der Waals surface area contributed by atoms with Crippen LogP contribution in [0.5, 0.6) is 11.6 Å². The second-order valence-corrected chi connectivity index (χ2v) is 9.70. The van der Waals surface area contributed by atoms with Crippen LogP contribution in [0.25, 0.3) is 17.1 Å². The van der Waals surface area contributed by atoms with Crippen LogP contribution in [0.4, 0.5) is 0 Å². The van der Waals surface area contributed by atoms with Crippen LogP contribution in [0, 0.1) is 13.8 Å². The van der Waals surface area contributed by atoms with Gasteiger partial charge in [0, 0.05) is 18.7 Å². The zero-order valence-corrected chi connectivity index (χ0v) is 22.2. The molecular weight excluding hydrogens is 480 g/mol. The van der Waals surface area contributed by atoms with Crippen LogP contribution < -0.4 is 9.47 Å². The summed E-state index contributed by atoms with van der Waals surface area (Å²) in [6, 6.07) is 16.0. The summed E-state index contributed by atoms with van der Waals surface area (Å²) in [4.78, 5) is 18.7. The first-order valence-corrected chi connectivity index (χ1v) is 12.7. The SMILES string of the molecule is COc1c(C(=O)O)cnn1-c1cccc(-c2cccc(C)c2OCc2ccc3c(c2C)CCN(C)CC3)n1. The van der Waals surface area contributed by atoms with Crippen molar-refractivity contribution >= 4 is 5.97 Å². The highest BCUT2D eigenvalue weighted by molar-refractivity contribution is 5.90. The summed E-state index contributed by atoms with van der Waals surface area (Å²) in [5.41, 5.74) is 7.91. The fourth-order valence-corrected chi connectivity index (χ4v) is 5.06. The molecule has 1 N–H and O–H groups in total. The van der Waals surface area contributed by atoms with Crippen LogP contribution in [0.2, 0.25) is 0 Å². The molecule has 1 aliphatic heterocycles. The summed E-state index contributed by atoms with van der Waals surface area (Å²) in [5, 5.41) is 13.6. The van der Waals surface area contributed by atoms with Crippen molar-refractivity contribution in [3.8, 4) is 28.7 Å². The number of rotatable bonds is 7. The van der Waals surface area contributed by atoms with Gasteiger partial charge in [0.15, 0.2) is 5.82 Å². The molecule has 0 fully saturated rings. The highest BCUT2D eigenvalue weighted by atomic mass is 16.5. The predicted molar refractivity (Wildman–Crippen MR) is 145 cm³/mol. The third-order valence-corrected chi connectivity index (χ3v) is 7.27. The first kappa shape index (κ1) is 25.5. The van der Waals surface area contributed by atoms with Crippen LogP contribution >= 0.6 is 0 Å². The van der Waals surface area contributed by atoms with E-state index in [-0.39, 0.29) is 11.4 Å². The van der Waals surface area contributed by atoms with Gasteiger partial charge >= 0.3 is 5.97 Å². The molecule has 0 radical (unpaired) electrons. The molecule has 0 saturated heterocycles. The molecule has 0 aliphatic carbocycles. The number of aryl methyl sites for hydroxylation is 1. The van der Waals surface area contributed by atoms with Crippen molar-refractivity contribution in [1.82, 2.24) is 19.7 Å². The van der Waals surface area contributed by atoms with Crippen molar-refractivity contribution in [2.24, 2.45) is 0 Å². The van der Waals surface area contributed by atoms with E-state index in [0.717, 1.165) is 42.8 Å². The van der Waals surface area contributed by atoms with Crippen molar-refractivity contribution in [2.45, 2.75) is 33.3 Å². The lowest BCUT2D eigenvalue weighted by Crippen LogP contribution is -2.20. The van der Waals surface area contributed by atoms with Crippen LogP contribution in [0.15, 0.2) is 54.7 Å². The largest absolute Gasteiger partial charge is 0.488 e. The van der Waals surface area contributed by atoms with E-state index < -0.39 is 5.97 Å². The molecule has 3 heterocycles. The fourth-order valence-electron chi connectivity index (χ4n) is 5.06. The van der Waals surface area contributed by atoms with Gasteiger partial charge in [-0.25, -0.2) is 9.78 Å². The molecule has 0 bridgehead atoms. The third-order valence-electron chi connectivity index (χ3n) is 7.27. The quantitative estimate of drug-likeness (QED) is 0.378. The Morgan fingerprint density at radius 2 is 1.84 bits per heavy atom. The number of aromatic nitrogens is 3. The fraction of sp³-hybridized carbons (Fsp3) is 0.300. The molecule has 0 spiro atoms. The number of pyridine rings is 1. The predicted octanol–water partition coefficient (Wildman–Crippen LogP) is 4.87. The smallest absolute Gasteiger partial charge is 0.342 e. The van der Waals surface area contributed by atoms with Crippen molar-refractivity contribution in [2.75, 3.05) is 27.2 Å². The lowest BCUT2D eigenvalue weighted by molar-refractivity contribution is 0.0693. The summed E-state index contributed by atoms with van der Waals surface area (Å²) in [5.74, 6) is 0.224. The normalized spacial score (nSPS) is 13.6. The molecule has 0 unspecified atom stereocenters. The standard InChI is InChI=1S/C30H32N4O4/c1-19-7-5-8-24(26-9-6-10-27(32-26)34-29(37-4)25(17-31-34)30(35)36)28(19)38-18-22-12-11-21-13-15-33(3)16-14-23(21)20(22)2/h5-12,17H,13-16,18H2,1-4H3,(H,35,36). The van der Waals surface area contributed by atoms with Crippen molar-refractivity contribution < 1.29 is 19.4 Å². The zero-order chi connectivity index (χ0) is 26.8. The maximum Gasteiger partial charge on any atom is 0.342 e. The number of carboxylic acids is 1. The van der Waals surface area contributed by atoms with Crippen LogP contribution in [-0.4, -0.2) is 58.0 Å². The van der Waals surface area contributed by atoms with Gasteiger partial charge in [-0.15, -0.1) is 0 Å². The summed E-state index contributed by atoms with van der Waals surface area (Å²) < 4.78 is 13.2. The monoisotopic (exact) mass is 512 g/mol. The molecule has 0 atom stereocenters. The van der Waals surface area contributed by atoms with Gasteiger partial charge in [-0.1, -0.05) is 30.3 Å². The Bertz CT molecular complexity index is 1490. The number of fused-ring (bicyclic) bond motifs is 1. The number of carboxylic acid groups (broad SMARTS) is 1. The number of benzene rings is 2. The molecule has 2 aromatic heterocycles. The number of hydrogen-bond donors (Lipinski definition) is 1. The lowest BCUT2D eigenvalue weighted by atomic mass is 9.94. The Labute approximate surface area is 222 Å². The van der Waals surface area contributed by atoms with Gasteiger partial charge in [-0.2, -0.15) is 9.78 Å². The van der Waals surface area contributed by atoms with E-state index in [1.807, 2.05) is 37.3 Å². The lowest BCUT2D eigenvalue weighted by Gasteiger charge is -2.18. The van der Waals surface area contributed by atoms with Crippen LogP contribution in [0.3, 0.4) is 0 Å². The molecule has 8 nitrogen and oxygen atoms in total. The first-order valence-electron chi connectivity index (χ1n) is 12.7. The van der Waals surface area contributed by atoms with E-state index in [1.165, 1.54) is 40.2 Å². The van der Waals surface area contributed by atoms with Crippen molar-refractivity contribution in [3.05, 3.63) is 88.1 Å². The topological polar surface area (TPSA) is 89.7 Å². The number of para-hydroxylation sites is 1. The van der Waals surface area contributed by atoms with E-state index in [0.29, 0.717) is 18.1 Å². The molecule has 196 valence electrons. The van der Waals surface area contributed by atoms with Gasteiger partial charge < -0.3 is 19.5 Å². The third kappa shape index (κ3) is 4.87. The minimum Gasteiger partial charge on any atom is -0.488 e. The highest BCUT2D eigenvalue weighted by Crippen LogP contribution is 2.34. The highest BCUT2D eigenvalue weighted by Gasteiger charge is 2.21. The Morgan fingerprint density at radius 1 is 1.05 bits per heavy atom. The Hall–Kier alpha value is -4.17. The van der Waals surface area contributed by atoms with Gasteiger partial charge in [0.05, 0.1) is 19.0 Å².